The number of hydrogen-bond acceptors (Lipinski definition) is 3. The molecular formula is C19H23N3OS. The Hall–Kier alpha value is -2.27. The molecule has 1 aliphatic heterocycles. The fourth-order valence-corrected chi connectivity index (χ4v) is 3.20. The van der Waals surface area contributed by atoms with Gasteiger partial charge >= 0.3 is 0 Å². The summed E-state index contributed by atoms with van der Waals surface area (Å²) in [7, 11) is 0. The van der Waals surface area contributed by atoms with Gasteiger partial charge in [0.25, 0.3) is 0 Å². The van der Waals surface area contributed by atoms with Crippen LogP contribution in [0.15, 0.2) is 48.5 Å². The molecule has 1 aliphatic rings. The van der Waals surface area contributed by atoms with E-state index in [1.165, 1.54) is 5.56 Å². The molecular weight excluding hydrogens is 318 g/mol. The zero-order valence-electron chi connectivity index (χ0n) is 13.9. The molecule has 4 nitrogen and oxygen atoms in total. The lowest BCUT2D eigenvalue weighted by Gasteiger charge is -2.37. The van der Waals surface area contributed by atoms with E-state index in [0.29, 0.717) is 5.75 Å². The standard InChI is InChI=1S/C19H23N3OS/c1-2-15-4-3-5-16(14-15)20-19(24)22-12-10-21(11-13-22)17-6-8-18(23)9-7-17/h3-9,14,23H,2,10-13H2,1H3,(H,20,24). The van der Waals surface area contributed by atoms with Gasteiger partial charge in [-0.2, -0.15) is 0 Å². The first-order valence-corrected chi connectivity index (χ1v) is 8.75. The number of rotatable bonds is 3. The maximum atomic E-state index is 9.40. The average Bonchev–Trinajstić information content (AvgIpc) is 2.62. The van der Waals surface area contributed by atoms with E-state index in [1.54, 1.807) is 12.1 Å². The van der Waals surface area contributed by atoms with Crippen molar-refractivity contribution in [2.45, 2.75) is 13.3 Å². The predicted octanol–water partition coefficient (Wildman–Crippen LogP) is 3.47. The molecule has 0 amide bonds. The zero-order chi connectivity index (χ0) is 16.9. The van der Waals surface area contributed by atoms with Crippen molar-refractivity contribution in [1.29, 1.82) is 0 Å². The molecule has 1 heterocycles. The van der Waals surface area contributed by atoms with Gasteiger partial charge in [-0.15, -0.1) is 0 Å². The number of nitrogens with one attached hydrogen (secondary N) is 1. The second-order valence-electron chi connectivity index (χ2n) is 5.97. The van der Waals surface area contributed by atoms with Crippen molar-refractivity contribution in [3.8, 4) is 5.75 Å². The van der Waals surface area contributed by atoms with Gasteiger partial charge in [0.2, 0.25) is 0 Å². The van der Waals surface area contributed by atoms with Gasteiger partial charge in [0.15, 0.2) is 5.11 Å². The van der Waals surface area contributed by atoms with Crippen LogP contribution >= 0.6 is 12.2 Å². The zero-order valence-corrected chi connectivity index (χ0v) is 14.7. The van der Waals surface area contributed by atoms with Crippen LogP contribution < -0.4 is 10.2 Å². The molecule has 0 radical (unpaired) electrons. The van der Waals surface area contributed by atoms with Crippen molar-refractivity contribution in [1.82, 2.24) is 4.90 Å². The van der Waals surface area contributed by atoms with Crippen LogP contribution in [-0.2, 0) is 6.42 Å². The molecule has 0 saturated carbocycles. The number of aromatic hydroxyl groups is 1. The summed E-state index contributed by atoms with van der Waals surface area (Å²) in [6, 6.07) is 15.8. The van der Waals surface area contributed by atoms with Crippen LogP contribution in [0.2, 0.25) is 0 Å². The molecule has 0 spiro atoms. The summed E-state index contributed by atoms with van der Waals surface area (Å²) in [6.45, 7) is 5.77. The van der Waals surface area contributed by atoms with Gasteiger partial charge in [-0.05, 0) is 60.6 Å². The Morgan fingerprint density at radius 3 is 2.46 bits per heavy atom. The van der Waals surface area contributed by atoms with Crippen molar-refractivity contribution in [3.63, 3.8) is 0 Å². The van der Waals surface area contributed by atoms with Crippen molar-refractivity contribution in [2.24, 2.45) is 0 Å². The Morgan fingerprint density at radius 1 is 1.08 bits per heavy atom. The third-order valence-corrected chi connectivity index (χ3v) is 4.73. The number of thiocarbonyl (C=S) groups is 1. The lowest BCUT2D eigenvalue weighted by atomic mass is 10.1. The molecule has 3 rings (SSSR count). The van der Waals surface area contributed by atoms with E-state index in [0.717, 1.165) is 49.1 Å². The van der Waals surface area contributed by atoms with Crippen molar-refractivity contribution >= 4 is 28.7 Å². The highest BCUT2D eigenvalue weighted by Crippen LogP contribution is 2.20. The van der Waals surface area contributed by atoms with Crippen LogP contribution in [0.25, 0.3) is 0 Å². The van der Waals surface area contributed by atoms with Crippen LogP contribution in [0, 0.1) is 0 Å². The Balaban J connectivity index is 1.55. The molecule has 0 aliphatic carbocycles. The Kier molecular flexibility index (Phi) is 5.20. The highest BCUT2D eigenvalue weighted by Gasteiger charge is 2.19. The highest BCUT2D eigenvalue weighted by molar-refractivity contribution is 7.80. The fourth-order valence-electron chi connectivity index (χ4n) is 2.90. The van der Waals surface area contributed by atoms with Crippen LogP contribution in [0.4, 0.5) is 11.4 Å². The maximum absolute atomic E-state index is 9.40. The van der Waals surface area contributed by atoms with E-state index in [1.807, 2.05) is 12.1 Å². The summed E-state index contributed by atoms with van der Waals surface area (Å²) in [5.41, 5.74) is 3.50. The Bertz CT molecular complexity index is 694. The number of piperazine rings is 1. The summed E-state index contributed by atoms with van der Waals surface area (Å²) in [5, 5.41) is 13.5. The van der Waals surface area contributed by atoms with Crippen molar-refractivity contribution < 1.29 is 5.11 Å². The van der Waals surface area contributed by atoms with Gasteiger partial charge in [-0.25, -0.2) is 0 Å². The molecule has 1 saturated heterocycles. The minimum absolute atomic E-state index is 0.303. The molecule has 2 N–H and O–H groups in total. The minimum Gasteiger partial charge on any atom is -0.508 e. The molecule has 0 bridgehead atoms. The van der Waals surface area contributed by atoms with Gasteiger partial charge in [0, 0.05) is 37.6 Å². The molecule has 0 atom stereocenters. The number of phenolic OH excluding ortho intramolecular Hbond substituents is 1. The normalized spacial score (nSPS) is 14.5. The van der Waals surface area contributed by atoms with Gasteiger partial charge in [0.1, 0.15) is 5.75 Å². The molecule has 5 heteroatoms. The third kappa shape index (κ3) is 3.97. The fraction of sp³-hybridized carbons (Fsp3) is 0.316. The molecule has 24 heavy (non-hydrogen) atoms. The number of anilines is 2. The quantitative estimate of drug-likeness (QED) is 0.837. The molecule has 0 aromatic heterocycles. The van der Waals surface area contributed by atoms with Crippen LogP contribution in [-0.4, -0.2) is 41.3 Å². The summed E-state index contributed by atoms with van der Waals surface area (Å²) in [6.07, 6.45) is 1.02. The summed E-state index contributed by atoms with van der Waals surface area (Å²) < 4.78 is 0. The van der Waals surface area contributed by atoms with Gasteiger partial charge in [0.05, 0.1) is 0 Å². The van der Waals surface area contributed by atoms with E-state index < -0.39 is 0 Å². The summed E-state index contributed by atoms with van der Waals surface area (Å²) >= 11 is 5.57. The first kappa shape index (κ1) is 16.6. The van der Waals surface area contributed by atoms with Gasteiger partial charge < -0.3 is 20.2 Å². The van der Waals surface area contributed by atoms with E-state index in [4.69, 9.17) is 12.2 Å². The first-order chi connectivity index (χ1) is 11.7. The molecule has 2 aromatic carbocycles. The number of hydrogen-bond donors (Lipinski definition) is 2. The van der Waals surface area contributed by atoms with Crippen LogP contribution in [0.3, 0.4) is 0 Å². The van der Waals surface area contributed by atoms with E-state index in [9.17, 15) is 5.11 Å². The van der Waals surface area contributed by atoms with Gasteiger partial charge in [-0.3, -0.25) is 0 Å². The van der Waals surface area contributed by atoms with E-state index in [2.05, 4.69) is 46.3 Å². The Morgan fingerprint density at radius 2 is 1.79 bits per heavy atom. The molecule has 2 aromatic rings. The summed E-state index contributed by atoms with van der Waals surface area (Å²) in [5.74, 6) is 0.303. The van der Waals surface area contributed by atoms with Crippen LogP contribution in [0.1, 0.15) is 12.5 Å². The number of phenols is 1. The van der Waals surface area contributed by atoms with Crippen LogP contribution in [0.5, 0.6) is 5.75 Å². The topological polar surface area (TPSA) is 38.7 Å². The second kappa shape index (κ2) is 7.53. The summed E-state index contributed by atoms with van der Waals surface area (Å²) in [4.78, 5) is 4.53. The molecule has 0 unspecified atom stereocenters. The molecule has 1 fully saturated rings. The first-order valence-electron chi connectivity index (χ1n) is 8.34. The maximum Gasteiger partial charge on any atom is 0.173 e. The smallest absolute Gasteiger partial charge is 0.173 e. The third-order valence-electron chi connectivity index (χ3n) is 4.37. The lowest BCUT2D eigenvalue weighted by Crippen LogP contribution is -2.50. The highest BCUT2D eigenvalue weighted by atomic mass is 32.1. The van der Waals surface area contributed by atoms with Gasteiger partial charge in [-0.1, -0.05) is 19.1 Å². The van der Waals surface area contributed by atoms with E-state index in [-0.39, 0.29) is 0 Å². The van der Waals surface area contributed by atoms with Crippen molar-refractivity contribution in [3.05, 3.63) is 54.1 Å². The second-order valence-corrected chi connectivity index (χ2v) is 6.36. The minimum atomic E-state index is 0.303. The molecule has 126 valence electrons. The van der Waals surface area contributed by atoms with Crippen molar-refractivity contribution in [2.75, 3.05) is 36.4 Å². The predicted molar refractivity (Wildman–Crippen MR) is 104 cm³/mol. The number of benzene rings is 2. The Labute approximate surface area is 148 Å². The largest absolute Gasteiger partial charge is 0.508 e. The van der Waals surface area contributed by atoms with E-state index >= 15 is 0 Å². The lowest BCUT2D eigenvalue weighted by molar-refractivity contribution is 0.391. The average molecular weight is 341 g/mol. The monoisotopic (exact) mass is 341 g/mol. The number of aryl methyl sites for hydroxylation is 1. The SMILES string of the molecule is CCc1cccc(NC(=S)N2CCN(c3ccc(O)cc3)CC2)c1. The number of nitrogens with zero attached hydrogens (tertiary/aromatic N) is 2.